The zero-order valence-corrected chi connectivity index (χ0v) is 10.8. The van der Waals surface area contributed by atoms with Crippen molar-refractivity contribution in [2.24, 2.45) is 0 Å². The molecule has 0 aromatic rings. The van der Waals surface area contributed by atoms with Crippen molar-refractivity contribution in [3.8, 4) is 0 Å². The maximum absolute atomic E-state index is 5.68. The molecular formula is C14H27NO. The highest BCUT2D eigenvalue weighted by molar-refractivity contribution is 5.06. The summed E-state index contributed by atoms with van der Waals surface area (Å²) in [6, 6.07) is 0. The van der Waals surface area contributed by atoms with Gasteiger partial charge in [0, 0.05) is 13.2 Å². The predicted molar refractivity (Wildman–Crippen MR) is 69.8 cm³/mol. The van der Waals surface area contributed by atoms with Crippen molar-refractivity contribution in [1.82, 2.24) is 5.32 Å². The summed E-state index contributed by atoms with van der Waals surface area (Å²) in [6.45, 7) is 6.20. The largest absolute Gasteiger partial charge is 0.377 e. The van der Waals surface area contributed by atoms with E-state index in [0.29, 0.717) is 0 Å². The molecule has 0 saturated carbocycles. The van der Waals surface area contributed by atoms with Gasteiger partial charge in [-0.25, -0.2) is 0 Å². The third-order valence-electron chi connectivity index (χ3n) is 3.09. The molecule has 0 fully saturated rings. The van der Waals surface area contributed by atoms with E-state index >= 15 is 0 Å². The van der Waals surface area contributed by atoms with Gasteiger partial charge in [0.2, 0.25) is 0 Å². The van der Waals surface area contributed by atoms with Crippen molar-refractivity contribution in [3.05, 3.63) is 11.6 Å². The lowest BCUT2D eigenvalue weighted by Gasteiger charge is -2.14. The lowest BCUT2D eigenvalue weighted by atomic mass is 10.1. The van der Waals surface area contributed by atoms with E-state index in [9.17, 15) is 0 Å². The second-order valence-electron chi connectivity index (χ2n) is 4.64. The van der Waals surface area contributed by atoms with Crippen molar-refractivity contribution in [1.29, 1.82) is 0 Å². The van der Waals surface area contributed by atoms with E-state index in [4.69, 9.17) is 4.74 Å². The number of hydrogen-bond acceptors (Lipinski definition) is 2. The molecule has 0 unspecified atom stereocenters. The van der Waals surface area contributed by atoms with Crippen LogP contribution in [0.4, 0.5) is 0 Å². The smallest absolute Gasteiger partial charge is 0.0677 e. The van der Waals surface area contributed by atoms with E-state index in [1.165, 1.54) is 44.1 Å². The van der Waals surface area contributed by atoms with Gasteiger partial charge in [-0.3, -0.25) is 0 Å². The van der Waals surface area contributed by atoms with Gasteiger partial charge in [0.05, 0.1) is 6.61 Å². The Hall–Kier alpha value is -0.340. The van der Waals surface area contributed by atoms with E-state index in [-0.39, 0.29) is 0 Å². The normalized spacial score (nSPS) is 16.2. The van der Waals surface area contributed by atoms with Crippen LogP contribution in [0.5, 0.6) is 0 Å². The molecule has 0 saturated heterocycles. The van der Waals surface area contributed by atoms with Crippen LogP contribution in [0.15, 0.2) is 11.6 Å². The molecule has 0 aromatic heterocycles. The van der Waals surface area contributed by atoms with E-state index in [1.807, 2.05) is 0 Å². The summed E-state index contributed by atoms with van der Waals surface area (Å²) in [7, 11) is 0. The molecule has 1 rings (SSSR count). The number of unbranched alkanes of at least 4 members (excludes halogenated alkanes) is 5. The minimum absolute atomic E-state index is 0.858. The van der Waals surface area contributed by atoms with Crippen LogP contribution in [-0.2, 0) is 4.74 Å². The zero-order chi connectivity index (χ0) is 11.5. The Labute approximate surface area is 100 Å². The summed E-state index contributed by atoms with van der Waals surface area (Å²) in [5, 5.41) is 3.31. The molecule has 0 aromatic carbocycles. The van der Waals surface area contributed by atoms with Gasteiger partial charge in [0.1, 0.15) is 0 Å². The van der Waals surface area contributed by atoms with Crippen LogP contribution >= 0.6 is 0 Å². The maximum Gasteiger partial charge on any atom is 0.0677 e. The van der Waals surface area contributed by atoms with E-state index in [1.54, 1.807) is 0 Å². The van der Waals surface area contributed by atoms with Crippen molar-refractivity contribution >= 4 is 0 Å². The number of hydrogen-bond donors (Lipinski definition) is 1. The molecule has 1 aliphatic rings. The highest BCUT2D eigenvalue weighted by atomic mass is 16.5. The third-order valence-corrected chi connectivity index (χ3v) is 3.09. The van der Waals surface area contributed by atoms with Gasteiger partial charge < -0.3 is 10.1 Å². The fourth-order valence-corrected chi connectivity index (χ4v) is 1.99. The molecule has 1 N–H and O–H groups in total. The molecule has 2 heteroatoms. The topological polar surface area (TPSA) is 21.3 Å². The monoisotopic (exact) mass is 225 g/mol. The number of nitrogens with one attached hydrogen (secondary N) is 1. The first kappa shape index (κ1) is 13.7. The van der Waals surface area contributed by atoms with Crippen molar-refractivity contribution in [3.63, 3.8) is 0 Å². The molecule has 0 amide bonds. The second-order valence-corrected chi connectivity index (χ2v) is 4.64. The summed E-state index contributed by atoms with van der Waals surface area (Å²) in [6.07, 6.45) is 11.5. The molecule has 1 aliphatic heterocycles. The van der Waals surface area contributed by atoms with Crippen LogP contribution in [0, 0.1) is 0 Å². The number of rotatable bonds is 9. The summed E-state index contributed by atoms with van der Waals surface area (Å²) in [4.78, 5) is 0. The van der Waals surface area contributed by atoms with E-state index in [2.05, 4.69) is 18.3 Å². The quantitative estimate of drug-likeness (QED) is 0.480. The Morgan fingerprint density at radius 2 is 2.00 bits per heavy atom. The average Bonchev–Trinajstić information content (AvgIpc) is 2.34. The van der Waals surface area contributed by atoms with Gasteiger partial charge >= 0.3 is 0 Å². The maximum atomic E-state index is 5.68. The first-order valence-electron chi connectivity index (χ1n) is 6.90. The van der Waals surface area contributed by atoms with Crippen molar-refractivity contribution < 1.29 is 4.74 Å². The van der Waals surface area contributed by atoms with Crippen molar-refractivity contribution in [2.75, 3.05) is 26.3 Å². The van der Waals surface area contributed by atoms with Crippen LogP contribution in [0.2, 0.25) is 0 Å². The minimum Gasteiger partial charge on any atom is -0.377 e. The molecule has 0 bridgehead atoms. The fourth-order valence-electron chi connectivity index (χ4n) is 1.99. The summed E-state index contributed by atoms with van der Waals surface area (Å²) >= 11 is 0. The molecule has 94 valence electrons. The SMILES string of the molecule is CCCCCCCCOCC1=CCNCC1. The average molecular weight is 225 g/mol. The molecule has 0 radical (unpaired) electrons. The molecule has 0 spiro atoms. The molecular weight excluding hydrogens is 198 g/mol. The molecule has 1 heterocycles. The number of ether oxygens (including phenoxy) is 1. The zero-order valence-electron chi connectivity index (χ0n) is 10.8. The predicted octanol–water partition coefficient (Wildman–Crippen LogP) is 3.28. The van der Waals surface area contributed by atoms with Crippen LogP contribution in [0.3, 0.4) is 0 Å². The van der Waals surface area contributed by atoms with Gasteiger partial charge in [-0.2, -0.15) is 0 Å². The van der Waals surface area contributed by atoms with E-state index in [0.717, 1.165) is 32.7 Å². The summed E-state index contributed by atoms with van der Waals surface area (Å²) < 4.78 is 5.68. The Bertz CT molecular complexity index is 189. The van der Waals surface area contributed by atoms with Crippen LogP contribution in [-0.4, -0.2) is 26.3 Å². The van der Waals surface area contributed by atoms with Crippen LogP contribution in [0.1, 0.15) is 51.9 Å². The standard InChI is InChI=1S/C14H27NO/c1-2-3-4-5-6-7-12-16-13-14-8-10-15-11-9-14/h8,15H,2-7,9-13H2,1H3. The van der Waals surface area contributed by atoms with Gasteiger partial charge in [0.25, 0.3) is 0 Å². The van der Waals surface area contributed by atoms with Gasteiger partial charge in [-0.1, -0.05) is 45.1 Å². The molecule has 0 atom stereocenters. The lowest BCUT2D eigenvalue weighted by molar-refractivity contribution is 0.148. The van der Waals surface area contributed by atoms with Gasteiger partial charge in [0.15, 0.2) is 0 Å². The van der Waals surface area contributed by atoms with Crippen LogP contribution < -0.4 is 5.32 Å². The summed E-state index contributed by atoms with van der Waals surface area (Å²) in [5.41, 5.74) is 1.48. The first-order valence-corrected chi connectivity index (χ1v) is 6.90. The highest BCUT2D eigenvalue weighted by Gasteiger charge is 2.02. The molecule has 2 nitrogen and oxygen atoms in total. The first-order chi connectivity index (χ1) is 7.93. The highest BCUT2D eigenvalue weighted by Crippen LogP contribution is 2.07. The van der Waals surface area contributed by atoms with E-state index < -0.39 is 0 Å². The molecule has 16 heavy (non-hydrogen) atoms. The third kappa shape index (κ3) is 7.02. The Balaban J connectivity index is 1.82. The van der Waals surface area contributed by atoms with Gasteiger partial charge in [-0.05, 0) is 25.0 Å². The second kappa shape index (κ2) is 9.86. The summed E-state index contributed by atoms with van der Waals surface area (Å²) in [5.74, 6) is 0. The van der Waals surface area contributed by atoms with Crippen LogP contribution in [0.25, 0.3) is 0 Å². The Kier molecular flexibility index (Phi) is 8.45. The minimum atomic E-state index is 0.858. The Morgan fingerprint density at radius 1 is 1.19 bits per heavy atom. The lowest BCUT2D eigenvalue weighted by Crippen LogP contribution is -2.22. The fraction of sp³-hybridized carbons (Fsp3) is 0.857. The Morgan fingerprint density at radius 3 is 2.75 bits per heavy atom. The molecule has 0 aliphatic carbocycles. The van der Waals surface area contributed by atoms with Crippen molar-refractivity contribution in [2.45, 2.75) is 51.9 Å². The van der Waals surface area contributed by atoms with Gasteiger partial charge in [-0.15, -0.1) is 0 Å².